The topological polar surface area (TPSA) is 61.9 Å². The molecule has 0 saturated carbocycles. The van der Waals surface area contributed by atoms with Crippen LogP contribution in [0.3, 0.4) is 0 Å². The van der Waals surface area contributed by atoms with E-state index in [0.29, 0.717) is 6.54 Å². The van der Waals surface area contributed by atoms with Crippen LogP contribution in [-0.2, 0) is 9.53 Å². The van der Waals surface area contributed by atoms with E-state index < -0.39 is 5.60 Å². The Balaban J connectivity index is 4.37. The Morgan fingerprint density at radius 1 is 1.09 bits per heavy atom. The lowest BCUT2D eigenvalue weighted by molar-refractivity contribution is -0.154. The number of nitrogens with zero attached hydrogens (tertiary/aromatic N) is 2. The maximum Gasteiger partial charge on any atom is 0.317 e. The number of carbonyl (C=O) groups excluding carboxylic acids is 2. The van der Waals surface area contributed by atoms with E-state index >= 15 is 0 Å². The molecule has 0 aliphatic rings. The summed E-state index contributed by atoms with van der Waals surface area (Å²) >= 11 is 0. The smallest absolute Gasteiger partial charge is 0.317 e. The van der Waals surface area contributed by atoms with Gasteiger partial charge in [0.15, 0.2) is 0 Å². The Morgan fingerprint density at radius 2 is 1.61 bits per heavy atom. The molecule has 6 nitrogen and oxygen atoms in total. The molecule has 0 fully saturated rings. The van der Waals surface area contributed by atoms with Crippen molar-refractivity contribution in [3.8, 4) is 0 Å². The predicted octanol–water partition coefficient (Wildman–Crippen LogP) is 2.34. The normalized spacial score (nSPS) is 13.7. The summed E-state index contributed by atoms with van der Waals surface area (Å²) in [5.74, 6) is -0.293. The molecule has 1 N–H and O–H groups in total. The summed E-state index contributed by atoms with van der Waals surface area (Å²) in [7, 11) is 5.72. The fraction of sp³-hybridized carbons (Fsp3) is 0.882. The van der Waals surface area contributed by atoms with Crippen LogP contribution >= 0.6 is 0 Å². The number of urea groups is 1. The van der Waals surface area contributed by atoms with Gasteiger partial charge in [-0.2, -0.15) is 0 Å². The van der Waals surface area contributed by atoms with Gasteiger partial charge >= 0.3 is 12.0 Å². The first kappa shape index (κ1) is 21.7. The van der Waals surface area contributed by atoms with E-state index in [1.54, 1.807) is 7.05 Å². The molecule has 0 unspecified atom stereocenters. The molecule has 23 heavy (non-hydrogen) atoms. The number of esters is 1. The molecule has 0 spiro atoms. The molecule has 0 aromatic rings. The van der Waals surface area contributed by atoms with Crippen molar-refractivity contribution in [3.63, 3.8) is 0 Å². The van der Waals surface area contributed by atoms with E-state index in [-0.39, 0.29) is 29.9 Å². The van der Waals surface area contributed by atoms with Gasteiger partial charge in [-0.25, -0.2) is 4.79 Å². The molecule has 0 radical (unpaired) electrons. The zero-order valence-electron chi connectivity index (χ0n) is 16.3. The van der Waals surface area contributed by atoms with Gasteiger partial charge in [-0.15, -0.1) is 0 Å². The van der Waals surface area contributed by atoms with Gasteiger partial charge in [-0.1, -0.05) is 13.8 Å². The van der Waals surface area contributed by atoms with Crippen LogP contribution in [0, 0.1) is 5.41 Å². The molecule has 2 amide bonds. The highest BCUT2D eigenvalue weighted by Crippen LogP contribution is 2.21. The molecule has 0 aromatic carbocycles. The average molecular weight is 329 g/mol. The SMILES string of the molecule is C[C@H](NC(=O)N(C)CCC(=O)OC(C)(C)C)C(C)(C)CN(C)C. The highest BCUT2D eigenvalue weighted by molar-refractivity contribution is 5.75. The van der Waals surface area contributed by atoms with E-state index in [4.69, 9.17) is 4.74 Å². The number of nitrogens with one attached hydrogen (secondary N) is 1. The molecule has 1 atom stereocenters. The van der Waals surface area contributed by atoms with Crippen LogP contribution < -0.4 is 5.32 Å². The van der Waals surface area contributed by atoms with Crippen molar-refractivity contribution in [1.82, 2.24) is 15.1 Å². The first-order valence-corrected chi connectivity index (χ1v) is 8.13. The van der Waals surface area contributed by atoms with Crippen LogP contribution in [0.15, 0.2) is 0 Å². The molecule has 0 aliphatic heterocycles. The molecule has 6 heteroatoms. The Kier molecular flexibility index (Phi) is 8.04. The van der Waals surface area contributed by atoms with Gasteiger partial charge in [-0.05, 0) is 47.2 Å². The standard InChI is InChI=1S/C17H35N3O3/c1-13(17(5,6)12-19(7)8)18-15(22)20(9)11-10-14(21)23-16(2,3)4/h13H,10-12H2,1-9H3,(H,18,22)/t13-/m0/s1. The number of hydrogen-bond acceptors (Lipinski definition) is 4. The summed E-state index contributed by atoms with van der Waals surface area (Å²) < 4.78 is 5.24. The highest BCUT2D eigenvalue weighted by Gasteiger charge is 2.28. The molecular formula is C17H35N3O3. The second-order valence-corrected chi connectivity index (χ2v) is 8.16. The Hall–Kier alpha value is -1.30. The van der Waals surface area contributed by atoms with Crippen LogP contribution in [0.1, 0.15) is 48.0 Å². The minimum atomic E-state index is -0.497. The number of ether oxygens (including phenoxy) is 1. The lowest BCUT2D eigenvalue weighted by Gasteiger charge is -2.35. The molecule has 0 bridgehead atoms. The van der Waals surface area contributed by atoms with Crippen molar-refractivity contribution in [3.05, 3.63) is 0 Å². The van der Waals surface area contributed by atoms with Crippen molar-refractivity contribution in [2.45, 2.75) is 59.6 Å². The summed E-state index contributed by atoms with van der Waals surface area (Å²) in [5, 5.41) is 3.01. The third kappa shape index (κ3) is 9.43. The number of rotatable bonds is 7. The van der Waals surface area contributed by atoms with Crippen molar-refractivity contribution < 1.29 is 14.3 Å². The summed E-state index contributed by atoms with van der Waals surface area (Å²) in [5.41, 5.74) is -0.548. The van der Waals surface area contributed by atoms with E-state index in [0.717, 1.165) is 6.54 Å². The van der Waals surface area contributed by atoms with Crippen molar-refractivity contribution in [1.29, 1.82) is 0 Å². The van der Waals surface area contributed by atoms with E-state index in [1.807, 2.05) is 41.8 Å². The lowest BCUT2D eigenvalue weighted by Crippen LogP contribution is -2.51. The van der Waals surface area contributed by atoms with Crippen LogP contribution in [-0.4, -0.2) is 67.7 Å². The number of amides is 2. The maximum absolute atomic E-state index is 12.2. The fourth-order valence-corrected chi connectivity index (χ4v) is 2.20. The van der Waals surface area contributed by atoms with Crippen LogP contribution in [0.5, 0.6) is 0 Å². The summed E-state index contributed by atoms with van der Waals surface area (Å²) in [6, 6.07) is -0.158. The van der Waals surface area contributed by atoms with Gasteiger partial charge in [0.2, 0.25) is 0 Å². The average Bonchev–Trinajstić information content (AvgIpc) is 2.31. The monoisotopic (exact) mass is 329 g/mol. The van der Waals surface area contributed by atoms with E-state index in [2.05, 4.69) is 24.1 Å². The molecule has 136 valence electrons. The highest BCUT2D eigenvalue weighted by atomic mass is 16.6. The predicted molar refractivity (Wildman–Crippen MR) is 93.4 cm³/mol. The minimum Gasteiger partial charge on any atom is -0.460 e. The quantitative estimate of drug-likeness (QED) is 0.728. The largest absolute Gasteiger partial charge is 0.460 e. The Morgan fingerprint density at radius 3 is 2.04 bits per heavy atom. The van der Waals surface area contributed by atoms with Crippen LogP contribution in [0.25, 0.3) is 0 Å². The van der Waals surface area contributed by atoms with Gasteiger partial charge in [0.05, 0.1) is 6.42 Å². The molecule has 0 heterocycles. The number of carbonyl (C=O) groups is 2. The van der Waals surface area contributed by atoms with Crippen LogP contribution in [0.4, 0.5) is 4.79 Å². The van der Waals surface area contributed by atoms with E-state index in [9.17, 15) is 9.59 Å². The molecule has 0 aromatic heterocycles. The van der Waals surface area contributed by atoms with Crippen LogP contribution in [0.2, 0.25) is 0 Å². The third-order valence-electron chi connectivity index (χ3n) is 3.65. The van der Waals surface area contributed by atoms with Gasteiger partial charge < -0.3 is 19.9 Å². The first-order chi connectivity index (χ1) is 10.2. The van der Waals surface area contributed by atoms with Gasteiger partial charge in [0, 0.05) is 26.2 Å². The summed E-state index contributed by atoms with van der Waals surface area (Å²) in [6.45, 7) is 12.9. The van der Waals surface area contributed by atoms with Gasteiger partial charge in [0.1, 0.15) is 5.60 Å². The Bertz CT molecular complexity index is 400. The summed E-state index contributed by atoms with van der Waals surface area (Å²) in [4.78, 5) is 27.6. The fourth-order valence-electron chi connectivity index (χ4n) is 2.20. The lowest BCUT2D eigenvalue weighted by atomic mass is 9.85. The molecular weight excluding hydrogens is 294 g/mol. The second kappa shape index (κ2) is 8.52. The zero-order valence-corrected chi connectivity index (χ0v) is 16.3. The minimum absolute atomic E-state index is 0.0152. The number of hydrogen-bond donors (Lipinski definition) is 1. The second-order valence-electron chi connectivity index (χ2n) is 8.16. The van der Waals surface area contributed by atoms with Crippen molar-refractivity contribution in [2.24, 2.45) is 5.41 Å². The van der Waals surface area contributed by atoms with Gasteiger partial charge in [0.25, 0.3) is 0 Å². The van der Waals surface area contributed by atoms with Gasteiger partial charge in [-0.3, -0.25) is 4.79 Å². The third-order valence-corrected chi connectivity index (χ3v) is 3.65. The first-order valence-electron chi connectivity index (χ1n) is 8.13. The summed E-state index contributed by atoms with van der Waals surface area (Å²) in [6.07, 6.45) is 0.191. The maximum atomic E-state index is 12.2. The Labute approximate surface area is 141 Å². The molecule has 0 rings (SSSR count). The molecule has 0 saturated heterocycles. The van der Waals surface area contributed by atoms with E-state index in [1.165, 1.54) is 4.90 Å². The molecule has 0 aliphatic carbocycles. The zero-order chi connectivity index (χ0) is 18.4. The van der Waals surface area contributed by atoms with Crippen molar-refractivity contribution >= 4 is 12.0 Å². The van der Waals surface area contributed by atoms with Crippen molar-refractivity contribution in [2.75, 3.05) is 34.2 Å².